The van der Waals surface area contributed by atoms with Crippen LogP contribution >= 0.6 is 0 Å². The van der Waals surface area contributed by atoms with Gasteiger partial charge in [0.25, 0.3) is 0 Å². The van der Waals surface area contributed by atoms with Crippen LogP contribution in [0.1, 0.15) is 19.3 Å². The topological polar surface area (TPSA) is 44.8 Å². The van der Waals surface area contributed by atoms with E-state index in [2.05, 4.69) is 0 Å². The van der Waals surface area contributed by atoms with E-state index in [9.17, 15) is 4.79 Å². The van der Waals surface area contributed by atoms with Gasteiger partial charge in [-0.3, -0.25) is 0 Å². The van der Waals surface area contributed by atoms with Crippen LogP contribution in [-0.2, 0) is 19.0 Å². The Morgan fingerprint density at radius 3 is 2.93 bits per heavy atom. The number of hydrogen-bond acceptors (Lipinski definition) is 4. The molecule has 4 nitrogen and oxygen atoms in total. The summed E-state index contributed by atoms with van der Waals surface area (Å²) in [5, 5.41) is 0. The van der Waals surface area contributed by atoms with E-state index in [1.165, 1.54) is 13.2 Å². The second-order valence-electron chi connectivity index (χ2n) is 3.19. The van der Waals surface area contributed by atoms with Crippen molar-refractivity contribution in [2.45, 2.75) is 19.3 Å². The van der Waals surface area contributed by atoms with Crippen molar-refractivity contribution in [2.75, 3.05) is 13.7 Å². The molecule has 0 N–H and O–H groups in total. The summed E-state index contributed by atoms with van der Waals surface area (Å²) in [4.78, 5) is 11.0. The van der Waals surface area contributed by atoms with Gasteiger partial charge >= 0.3 is 5.97 Å². The molecule has 0 atom stereocenters. The van der Waals surface area contributed by atoms with E-state index in [0.717, 1.165) is 25.0 Å². The standard InChI is InChI=1S/C10H12O4/c1-12-8-6-9(11)14-10(8)7-4-2-3-5-13-7/h6H,2-5H2,1H3/b10-7+. The van der Waals surface area contributed by atoms with Crippen LogP contribution in [0, 0.1) is 0 Å². The molecule has 2 aliphatic rings. The molecule has 0 aliphatic carbocycles. The van der Waals surface area contributed by atoms with Crippen LogP contribution in [-0.4, -0.2) is 19.7 Å². The van der Waals surface area contributed by atoms with Gasteiger partial charge in [0.15, 0.2) is 5.76 Å². The largest absolute Gasteiger partial charge is 0.494 e. The molecule has 2 rings (SSSR count). The summed E-state index contributed by atoms with van der Waals surface area (Å²) in [5.74, 6) is 1.26. The van der Waals surface area contributed by atoms with Gasteiger partial charge in [-0.2, -0.15) is 0 Å². The first-order valence-electron chi connectivity index (χ1n) is 4.65. The molecular weight excluding hydrogens is 184 g/mol. The molecule has 76 valence electrons. The molecule has 1 saturated heterocycles. The van der Waals surface area contributed by atoms with Crippen molar-refractivity contribution in [2.24, 2.45) is 0 Å². The summed E-state index contributed by atoms with van der Waals surface area (Å²) in [6, 6.07) is 0. The molecule has 0 spiro atoms. The van der Waals surface area contributed by atoms with Gasteiger partial charge in [-0.15, -0.1) is 0 Å². The van der Waals surface area contributed by atoms with Gasteiger partial charge in [-0.05, 0) is 12.8 Å². The van der Waals surface area contributed by atoms with E-state index >= 15 is 0 Å². The maximum atomic E-state index is 11.0. The normalized spacial score (nSPS) is 26.6. The van der Waals surface area contributed by atoms with Crippen molar-refractivity contribution >= 4 is 5.97 Å². The first-order valence-corrected chi connectivity index (χ1v) is 4.65. The molecular formula is C10H12O4. The van der Waals surface area contributed by atoms with Gasteiger partial charge in [0.2, 0.25) is 5.76 Å². The van der Waals surface area contributed by atoms with Crippen molar-refractivity contribution in [3.05, 3.63) is 23.4 Å². The summed E-state index contributed by atoms with van der Waals surface area (Å²) < 4.78 is 15.5. The number of ether oxygens (including phenoxy) is 3. The quantitative estimate of drug-likeness (QED) is 0.596. The molecule has 2 heterocycles. The summed E-state index contributed by atoms with van der Waals surface area (Å²) in [6.45, 7) is 0.688. The molecule has 0 bridgehead atoms. The molecule has 0 amide bonds. The van der Waals surface area contributed by atoms with Crippen LogP contribution in [0.3, 0.4) is 0 Å². The van der Waals surface area contributed by atoms with Crippen molar-refractivity contribution in [3.8, 4) is 0 Å². The minimum atomic E-state index is -0.390. The van der Waals surface area contributed by atoms with Crippen molar-refractivity contribution in [1.29, 1.82) is 0 Å². The predicted molar refractivity (Wildman–Crippen MR) is 48.0 cm³/mol. The maximum Gasteiger partial charge on any atom is 0.340 e. The van der Waals surface area contributed by atoms with Crippen LogP contribution in [0.25, 0.3) is 0 Å². The van der Waals surface area contributed by atoms with Crippen molar-refractivity contribution in [3.63, 3.8) is 0 Å². The molecule has 4 heteroatoms. The number of rotatable bonds is 1. The fourth-order valence-electron chi connectivity index (χ4n) is 1.53. The molecule has 0 radical (unpaired) electrons. The van der Waals surface area contributed by atoms with E-state index in [1.807, 2.05) is 0 Å². The number of hydrogen-bond donors (Lipinski definition) is 0. The number of esters is 1. The Morgan fingerprint density at radius 2 is 2.29 bits per heavy atom. The molecule has 14 heavy (non-hydrogen) atoms. The Balaban J connectivity index is 2.24. The monoisotopic (exact) mass is 196 g/mol. The highest BCUT2D eigenvalue weighted by Gasteiger charge is 2.26. The predicted octanol–water partition coefficient (Wildman–Crippen LogP) is 1.49. The number of methoxy groups -OCH3 is 1. The SMILES string of the molecule is COC1=CC(=O)O/C1=C1\CCCCO1. The third-order valence-corrected chi connectivity index (χ3v) is 2.22. The summed E-state index contributed by atoms with van der Waals surface area (Å²) in [6.07, 6.45) is 4.26. The first-order chi connectivity index (χ1) is 6.81. The second kappa shape index (κ2) is 3.74. The molecule has 1 fully saturated rings. The van der Waals surface area contributed by atoms with Crippen molar-refractivity contribution in [1.82, 2.24) is 0 Å². The fourth-order valence-corrected chi connectivity index (χ4v) is 1.53. The minimum absolute atomic E-state index is 0.390. The number of carbonyl (C=O) groups is 1. The average molecular weight is 196 g/mol. The molecule has 0 aromatic rings. The number of cyclic esters (lactones) is 1. The molecule has 0 unspecified atom stereocenters. The minimum Gasteiger partial charge on any atom is -0.494 e. The van der Waals surface area contributed by atoms with Crippen LogP contribution in [0.5, 0.6) is 0 Å². The lowest BCUT2D eigenvalue weighted by molar-refractivity contribution is -0.132. The van der Waals surface area contributed by atoms with Crippen LogP contribution < -0.4 is 0 Å². The highest BCUT2D eigenvalue weighted by Crippen LogP contribution is 2.29. The van der Waals surface area contributed by atoms with Crippen LogP contribution in [0.15, 0.2) is 23.4 Å². The van der Waals surface area contributed by atoms with Gasteiger partial charge in [0.05, 0.1) is 19.8 Å². The Labute approximate surface area is 82.1 Å². The lowest BCUT2D eigenvalue weighted by Gasteiger charge is -2.17. The van der Waals surface area contributed by atoms with E-state index in [1.54, 1.807) is 0 Å². The zero-order chi connectivity index (χ0) is 9.97. The van der Waals surface area contributed by atoms with E-state index in [0.29, 0.717) is 18.1 Å². The van der Waals surface area contributed by atoms with E-state index < -0.39 is 5.97 Å². The highest BCUT2D eigenvalue weighted by molar-refractivity contribution is 5.87. The zero-order valence-electron chi connectivity index (χ0n) is 8.04. The molecule has 0 saturated carbocycles. The Hall–Kier alpha value is -1.45. The number of allylic oxidation sites excluding steroid dienone is 1. The molecule has 0 aromatic carbocycles. The Bertz CT molecular complexity index is 306. The van der Waals surface area contributed by atoms with Gasteiger partial charge in [0, 0.05) is 6.42 Å². The summed E-state index contributed by atoms with van der Waals surface area (Å²) in [5.41, 5.74) is 0. The summed E-state index contributed by atoms with van der Waals surface area (Å²) >= 11 is 0. The summed E-state index contributed by atoms with van der Waals surface area (Å²) in [7, 11) is 1.51. The second-order valence-corrected chi connectivity index (χ2v) is 3.19. The lowest BCUT2D eigenvalue weighted by Crippen LogP contribution is -2.08. The zero-order valence-corrected chi connectivity index (χ0v) is 8.04. The molecule has 2 aliphatic heterocycles. The molecule has 0 aromatic heterocycles. The first kappa shape index (κ1) is 9.12. The van der Waals surface area contributed by atoms with Crippen LogP contribution in [0.4, 0.5) is 0 Å². The number of carbonyl (C=O) groups excluding carboxylic acids is 1. The fraction of sp³-hybridized carbons (Fsp3) is 0.500. The smallest absolute Gasteiger partial charge is 0.340 e. The third kappa shape index (κ3) is 1.60. The van der Waals surface area contributed by atoms with Crippen LogP contribution in [0.2, 0.25) is 0 Å². The van der Waals surface area contributed by atoms with E-state index in [4.69, 9.17) is 14.2 Å². The Morgan fingerprint density at radius 1 is 1.43 bits per heavy atom. The van der Waals surface area contributed by atoms with E-state index in [-0.39, 0.29) is 0 Å². The van der Waals surface area contributed by atoms with Gasteiger partial charge in [0.1, 0.15) is 5.76 Å². The van der Waals surface area contributed by atoms with Gasteiger partial charge in [-0.25, -0.2) is 4.79 Å². The van der Waals surface area contributed by atoms with Gasteiger partial charge in [-0.1, -0.05) is 0 Å². The maximum absolute atomic E-state index is 11.0. The average Bonchev–Trinajstić information content (AvgIpc) is 2.61. The third-order valence-electron chi connectivity index (χ3n) is 2.22. The Kier molecular flexibility index (Phi) is 2.43. The highest BCUT2D eigenvalue weighted by atomic mass is 16.6. The lowest BCUT2D eigenvalue weighted by atomic mass is 10.1. The van der Waals surface area contributed by atoms with Crippen molar-refractivity contribution < 1.29 is 19.0 Å². The van der Waals surface area contributed by atoms with Gasteiger partial charge < -0.3 is 14.2 Å².